The quantitative estimate of drug-likeness (QED) is 0.0851. The average molecular weight is 576 g/mol. The first-order chi connectivity index (χ1) is 16.2. The Morgan fingerprint density at radius 3 is 1.91 bits per heavy atom. The zero-order valence-electron chi connectivity index (χ0n) is 23.4. The zero-order chi connectivity index (χ0) is 25.6. The number of hydrogen-bond acceptors (Lipinski definition) is 3. The molecule has 0 bridgehead atoms. The van der Waals surface area contributed by atoms with Crippen LogP contribution in [0, 0.1) is 11.3 Å². The van der Waals surface area contributed by atoms with Gasteiger partial charge in [-0.1, -0.05) is 0 Å². The van der Waals surface area contributed by atoms with Crippen molar-refractivity contribution in [1.29, 1.82) is 0 Å². The third kappa shape index (κ3) is 9.51. The number of rotatable bonds is 16. The first kappa shape index (κ1) is 30.9. The molecule has 0 aliphatic carbocycles. The Morgan fingerprint density at radius 1 is 0.971 bits per heavy atom. The van der Waals surface area contributed by atoms with Crippen LogP contribution >= 0.6 is 0 Å². The van der Waals surface area contributed by atoms with Crippen LogP contribution in [0.5, 0.6) is 0 Å². The van der Waals surface area contributed by atoms with E-state index >= 15 is 0 Å². The Hall–Kier alpha value is -1.10. The molecule has 0 aliphatic heterocycles. The number of nitrogens with zero attached hydrogens (tertiary/aromatic N) is 1. The maximum absolute atomic E-state index is 12.4. The second kappa shape index (κ2) is 15.8. The van der Waals surface area contributed by atoms with Crippen molar-refractivity contribution in [2.24, 2.45) is 16.5 Å². The third-order valence-electron chi connectivity index (χ3n) is 7.51. The molecule has 0 amide bonds. The molecule has 0 fully saturated rings. The van der Waals surface area contributed by atoms with E-state index < -0.39 is 24.3 Å². The summed E-state index contributed by atoms with van der Waals surface area (Å²) in [5, 5.41) is 4.32. The summed E-state index contributed by atoms with van der Waals surface area (Å²) in [5.74, 6) is 0.213. The van der Waals surface area contributed by atoms with Crippen LogP contribution in [0.1, 0.15) is 111 Å². The third-order valence-corrected chi connectivity index (χ3v) is 24.0. The molecular formula is C30H51NO2Sn. The summed E-state index contributed by atoms with van der Waals surface area (Å²) in [5.41, 5.74) is 1.14. The van der Waals surface area contributed by atoms with Gasteiger partial charge in [-0.2, -0.15) is 0 Å². The molecule has 0 heterocycles. The van der Waals surface area contributed by atoms with Crippen molar-refractivity contribution < 1.29 is 9.63 Å². The molecular weight excluding hydrogens is 525 g/mol. The van der Waals surface area contributed by atoms with Gasteiger partial charge in [-0.25, -0.2) is 0 Å². The number of benzene rings is 1. The summed E-state index contributed by atoms with van der Waals surface area (Å²) in [7, 11) is 0. The Balaban J connectivity index is 3.39. The van der Waals surface area contributed by atoms with Crippen LogP contribution in [-0.4, -0.2) is 30.1 Å². The van der Waals surface area contributed by atoms with E-state index in [-0.39, 0.29) is 5.41 Å². The van der Waals surface area contributed by atoms with Crippen LogP contribution in [0.4, 0.5) is 0 Å². The summed E-state index contributed by atoms with van der Waals surface area (Å²) < 4.78 is 6.21. The van der Waals surface area contributed by atoms with Gasteiger partial charge in [-0.3, -0.25) is 0 Å². The fraction of sp³-hybridized carbons (Fsp3) is 0.667. The number of oxime groups is 1. The van der Waals surface area contributed by atoms with Crippen molar-refractivity contribution >= 4 is 30.1 Å². The molecule has 4 heteroatoms. The van der Waals surface area contributed by atoms with Gasteiger partial charge < -0.3 is 0 Å². The summed E-state index contributed by atoms with van der Waals surface area (Å²) in [4.78, 5) is 17.8. The van der Waals surface area contributed by atoms with Crippen LogP contribution in [0.3, 0.4) is 0 Å². The fourth-order valence-electron chi connectivity index (χ4n) is 4.74. The summed E-state index contributed by atoms with van der Waals surface area (Å²) in [6, 6.07) is 9.10. The van der Waals surface area contributed by atoms with Crippen LogP contribution in [0.2, 0.25) is 13.3 Å². The second-order valence-electron chi connectivity index (χ2n) is 10.6. The first-order valence-corrected chi connectivity index (χ1v) is 21.2. The van der Waals surface area contributed by atoms with Crippen molar-refractivity contribution in [3.63, 3.8) is 0 Å². The summed E-state index contributed by atoms with van der Waals surface area (Å²) in [6.07, 6.45) is 11.7. The van der Waals surface area contributed by atoms with Gasteiger partial charge in [0.2, 0.25) is 0 Å². The van der Waals surface area contributed by atoms with Crippen molar-refractivity contribution in [1.82, 2.24) is 0 Å². The number of allylic oxidation sites excluding steroid dienone is 2. The molecule has 1 unspecified atom stereocenters. The van der Waals surface area contributed by atoms with Crippen LogP contribution in [-0.2, 0) is 4.84 Å². The average Bonchev–Trinajstić information content (AvgIpc) is 2.85. The van der Waals surface area contributed by atoms with Crippen LogP contribution < -0.4 is 0 Å². The van der Waals surface area contributed by atoms with Gasteiger partial charge >= 0.3 is 215 Å². The maximum atomic E-state index is 12.4. The fourth-order valence-corrected chi connectivity index (χ4v) is 23.6. The SMILES string of the molecule is CCC[CH2][Sn]([CH2]CCC)([CH2]CCC)/[C](=C/C(C)(C)/C(C)=N/OC(=O)c1ccccc1)C(C)CC. The Kier molecular flexibility index (Phi) is 14.4. The molecule has 1 atom stereocenters. The zero-order valence-corrected chi connectivity index (χ0v) is 26.2. The van der Waals surface area contributed by atoms with E-state index in [1.165, 1.54) is 58.3 Å². The second-order valence-corrected chi connectivity index (χ2v) is 23.9. The summed E-state index contributed by atoms with van der Waals surface area (Å²) >= 11 is -2.59. The molecule has 0 aromatic heterocycles. The van der Waals surface area contributed by atoms with E-state index in [9.17, 15) is 4.79 Å². The molecule has 0 saturated heterocycles. The Morgan fingerprint density at radius 2 is 1.47 bits per heavy atom. The van der Waals surface area contributed by atoms with E-state index in [0.717, 1.165) is 5.71 Å². The predicted molar refractivity (Wildman–Crippen MR) is 151 cm³/mol. The van der Waals surface area contributed by atoms with Gasteiger partial charge in [0.1, 0.15) is 0 Å². The van der Waals surface area contributed by atoms with Gasteiger partial charge in [0, 0.05) is 0 Å². The number of carbonyl (C=O) groups is 1. The number of hydrogen-bond donors (Lipinski definition) is 0. The molecule has 1 rings (SSSR count). The molecule has 1 aromatic rings. The first-order valence-electron chi connectivity index (χ1n) is 13.7. The van der Waals surface area contributed by atoms with Gasteiger partial charge in [-0.15, -0.1) is 0 Å². The molecule has 0 spiro atoms. The molecule has 0 aliphatic rings. The summed E-state index contributed by atoms with van der Waals surface area (Å²) in [6.45, 7) is 18.3. The Bertz CT molecular complexity index is 760. The normalized spacial score (nSPS) is 14.2. The van der Waals surface area contributed by atoms with E-state index in [4.69, 9.17) is 4.84 Å². The van der Waals surface area contributed by atoms with E-state index in [2.05, 4.69) is 59.7 Å². The van der Waals surface area contributed by atoms with Crippen molar-refractivity contribution in [2.75, 3.05) is 0 Å². The Labute approximate surface area is 214 Å². The standard InChI is InChI=1S/C18H24NO2.3C4H9.Sn/c1-6-14(2)12-13-18(4,5)15(3)19-21-17(20)16-10-8-7-9-11-16;3*1-3-4-2;/h7-11,13-14H,6H2,1-5H3;3*1,3-4H2,2H3;/b13-12?,19-15+;;;;. The van der Waals surface area contributed by atoms with Crippen molar-refractivity contribution in [2.45, 2.75) is 114 Å². The van der Waals surface area contributed by atoms with E-state index in [0.29, 0.717) is 11.5 Å². The molecule has 3 nitrogen and oxygen atoms in total. The molecule has 192 valence electrons. The van der Waals surface area contributed by atoms with Crippen molar-refractivity contribution in [3.8, 4) is 0 Å². The monoisotopic (exact) mass is 577 g/mol. The number of carbonyl (C=O) groups excluding carboxylic acids is 1. The minimum atomic E-state index is -2.59. The van der Waals surface area contributed by atoms with Gasteiger partial charge in [0.15, 0.2) is 0 Å². The number of unbranched alkanes of at least 4 members (excludes halogenated alkanes) is 3. The van der Waals surface area contributed by atoms with Gasteiger partial charge in [-0.05, 0) is 0 Å². The van der Waals surface area contributed by atoms with Gasteiger partial charge in [0.25, 0.3) is 0 Å². The van der Waals surface area contributed by atoms with E-state index in [1.807, 2.05) is 25.1 Å². The molecule has 1 aromatic carbocycles. The molecule has 0 radical (unpaired) electrons. The van der Waals surface area contributed by atoms with Gasteiger partial charge in [0.05, 0.1) is 0 Å². The minimum absolute atomic E-state index is 0.247. The molecule has 0 N–H and O–H groups in total. The molecule has 34 heavy (non-hydrogen) atoms. The predicted octanol–water partition coefficient (Wildman–Crippen LogP) is 9.61. The van der Waals surface area contributed by atoms with Crippen LogP contribution in [0.25, 0.3) is 0 Å². The van der Waals surface area contributed by atoms with E-state index in [1.54, 1.807) is 15.7 Å². The topological polar surface area (TPSA) is 38.7 Å². The van der Waals surface area contributed by atoms with Crippen molar-refractivity contribution in [3.05, 3.63) is 45.6 Å². The molecule has 0 saturated carbocycles. The van der Waals surface area contributed by atoms with Crippen LogP contribution in [0.15, 0.2) is 45.2 Å².